The van der Waals surface area contributed by atoms with Gasteiger partial charge in [-0.2, -0.15) is 0 Å². The Kier molecular flexibility index (Phi) is 5.55. The lowest BCUT2D eigenvalue weighted by Crippen LogP contribution is -2.62. The van der Waals surface area contributed by atoms with Crippen molar-refractivity contribution in [3.63, 3.8) is 0 Å². The Hall–Kier alpha value is -0.690. The fourth-order valence-electron chi connectivity index (χ4n) is 7.74. The summed E-state index contributed by atoms with van der Waals surface area (Å²) in [5.41, 5.74) is -0.414. The molecular weight excluding hydrogens is 388 g/mol. The van der Waals surface area contributed by atoms with Crippen LogP contribution in [-0.4, -0.2) is 52.3 Å². The summed E-state index contributed by atoms with van der Waals surface area (Å²) >= 11 is 1.53. The molecule has 0 amide bonds. The lowest BCUT2D eigenvalue weighted by atomic mass is 9.45. The Morgan fingerprint density at radius 1 is 1.28 bits per heavy atom. The second kappa shape index (κ2) is 7.47. The maximum atomic E-state index is 13.0. The van der Waals surface area contributed by atoms with Crippen LogP contribution in [0.25, 0.3) is 0 Å². The molecule has 3 fully saturated rings. The van der Waals surface area contributed by atoms with Crippen LogP contribution >= 0.6 is 11.8 Å². The molecule has 0 saturated heterocycles. The molecule has 0 aliphatic heterocycles. The van der Waals surface area contributed by atoms with Gasteiger partial charge in [0.1, 0.15) is 12.2 Å². The van der Waals surface area contributed by atoms with Gasteiger partial charge in [0.05, 0.1) is 12.0 Å². The predicted molar refractivity (Wildman–Crippen MR) is 112 cm³/mol. The summed E-state index contributed by atoms with van der Waals surface area (Å²) in [6.07, 6.45) is 8.47. The zero-order valence-electron chi connectivity index (χ0n) is 17.8. The molecule has 0 heterocycles. The molecule has 0 aromatic heterocycles. The molecule has 0 aromatic carbocycles. The molecule has 0 aromatic rings. The highest BCUT2D eigenvalue weighted by Crippen LogP contribution is 2.68. The van der Waals surface area contributed by atoms with E-state index >= 15 is 0 Å². The first-order chi connectivity index (χ1) is 13.7. The maximum Gasteiger partial charge on any atom is 0.190 e. The van der Waals surface area contributed by atoms with Crippen molar-refractivity contribution in [1.82, 2.24) is 0 Å². The molecule has 4 aliphatic carbocycles. The molecule has 0 spiro atoms. The average molecular weight is 423 g/mol. The third kappa shape index (κ3) is 2.93. The highest BCUT2D eigenvalue weighted by atomic mass is 32.2. The Morgan fingerprint density at radius 2 is 2.03 bits per heavy atom. The summed E-state index contributed by atoms with van der Waals surface area (Å²) in [6.45, 7) is 3.82. The third-order valence-corrected chi connectivity index (χ3v) is 9.39. The van der Waals surface area contributed by atoms with Gasteiger partial charge in [0.2, 0.25) is 0 Å². The average Bonchev–Trinajstić information content (AvgIpc) is 2.98. The van der Waals surface area contributed by atoms with Crippen molar-refractivity contribution >= 4 is 23.3 Å². The van der Waals surface area contributed by atoms with Gasteiger partial charge in [-0.1, -0.05) is 19.4 Å². The van der Waals surface area contributed by atoms with Gasteiger partial charge in [-0.05, 0) is 74.0 Å². The van der Waals surface area contributed by atoms with Crippen LogP contribution in [0.3, 0.4) is 0 Å². The van der Waals surface area contributed by atoms with Crippen LogP contribution in [-0.2, 0) is 14.3 Å². The molecule has 3 saturated carbocycles. The number of Topliss-reactive ketones (excluding diaryl/α,β-unsaturated/α-hetero) is 1. The molecule has 2 N–H and O–H groups in total. The minimum absolute atomic E-state index is 0.120. The quantitative estimate of drug-likeness (QED) is 0.663. The molecule has 7 atom stereocenters. The van der Waals surface area contributed by atoms with E-state index in [9.17, 15) is 19.8 Å². The summed E-state index contributed by atoms with van der Waals surface area (Å²) in [6, 6.07) is 0. The molecule has 5 nitrogen and oxygen atoms in total. The molecule has 162 valence electrons. The predicted octanol–water partition coefficient (Wildman–Crippen LogP) is 3.13. The monoisotopic (exact) mass is 422 g/mol. The Labute approximate surface area is 177 Å². The number of allylic oxidation sites excluding steroid dienone is 1. The molecular formula is C23H34O5S. The SMILES string of the molecule is CSCO[C@]1(C(=O)CO)CC[C@H]2[C@@H]3CCC4=CC(=O)CC[C@]4(C)[C@H]3[C@@H](O)C[C@@]21C. The molecule has 0 radical (unpaired) electrons. The Balaban J connectivity index is 1.73. The van der Waals surface area contributed by atoms with Crippen molar-refractivity contribution in [1.29, 1.82) is 0 Å². The number of fused-ring (bicyclic) bond motifs is 5. The summed E-state index contributed by atoms with van der Waals surface area (Å²) in [7, 11) is 0. The van der Waals surface area contributed by atoms with Crippen LogP contribution in [0.15, 0.2) is 11.6 Å². The topological polar surface area (TPSA) is 83.8 Å². The van der Waals surface area contributed by atoms with Gasteiger partial charge in [-0.25, -0.2) is 0 Å². The number of rotatable bonds is 5. The standard InChI is InChI=1S/C23H34O5S/c1-21-8-6-15(25)10-14(21)4-5-16-17-7-9-23(19(27)12-24,28-13-29-3)22(17,2)11-18(26)20(16)21/h10,16-18,20,24,26H,4-9,11-13H2,1-3H3/t16-,17-,18-,20+,21-,22-,23-/m0/s1. The van der Waals surface area contributed by atoms with Crippen molar-refractivity contribution in [2.45, 2.75) is 70.5 Å². The van der Waals surface area contributed by atoms with Crippen molar-refractivity contribution in [2.75, 3.05) is 18.8 Å². The summed E-state index contributed by atoms with van der Waals surface area (Å²) in [5, 5.41) is 21.2. The number of carbonyl (C=O) groups is 2. The first kappa shape index (κ1) is 21.5. The van der Waals surface area contributed by atoms with Crippen LogP contribution < -0.4 is 0 Å². The lowest BCUT2D eigenvalue weighted by molar-refractivity contribution is -0.191. The second-order valence-corrected chi connectivity index (χ2v) is 10.9. The minimum atomic E-state index is -1.01. The van der Waals surface area contributed by atoms with Gasteiger partial charge in [0.25, 0.3) is 0 Å². The van der Waals surface area contributed by atoms with Crippen molar-refractivity contribution in [3.8, 4) is 0 Å². The summed E-state index contributed by atoms with van der Waals surface area (Å²) in [4.78, 5) is 25.0. The smallest absolute Gasteiger partial charge is 0.190 e. The number of hydrogen-bond acceptors (Lipinski definition) is 6. The van der Waals surface area contributed by atoms with Gasteiger partial charge in [-0.3, -0.25) is 9.59 Å². The van der Waals surface area contributed by atoms with E-state index in [1.165, 1.54) is 17.3 Å². The van der Waals surface area contributed by atoms with Gasteiger partial charge in [0, 0.05) is 11.8 Å². The number of ether oxygens (including phenoxy) is 1. The van der Waals surface area contributed by atoms with E-state index in [0.717, 1.165) is 25.7 Å². The number of aliphatic hydroxyl groups is 2. The van der Waals surface area contributed by atoms with Crippen molar-refractivity contribution < 1.29 is 24.5 Å². The zero-order chi connectivity index (χ0) is 21.0. The number of carbonyl (C=O) groups excluding carboxylic acids is 2. The van der Waals surface area contributed by atoms with Crippen molar-refractivity contribution in [3.05, 3.63) is 11.6 Å². The molecule has 6 heteroatoms. The van der Waals surface area contributed by atoms with Crippen LogP contribution in [0.4, 0.5) is 0 Å². The first-order valence-electron chi connectivity index (χ1n) is 10.9. The zero-order valence-corrected chi connectivity index (χ0v) is 18.6. The Bertz CT molecular complexity index is 735. The van der Waals surface area contributed by atoms with E-state index in [0.29, 0.717) is 31.1 Å². The van der Waals surface area contributed by atoms with E-state index in [4.69, 9.17) is 4.74 Å². The molecule has 4 aliphatic rings. The van der Waals surface area contributed by atoms with Crippen molar-refractivity contribution in [2.24, 2.45) is 28.6 Å². The van der Waals surface area contributed by atoms with E-state index in [1.807, 2.05) is 12.3 Å². The number of ketones is 2. The molecule has 0 bridgehead atoms. The molecule has 0 unspecified atom stereocenters. The summed E-state index contributed by atoms with van der Waals surface area (Å²) in [5.74, 6) is 1.09. The van der Waals surface area contributed by atoms with Gasteiger partial charge in [0.15, 0.2) is 11.6 Å². The maximum absolute atomic E-state index is 13.0. The second-order valence-electron chi connectivity index (χ2n) is 10.1. The fraction of sp³-hybridized carbons (Fsp3) is 0.826. The minimum Gasteiger partial charge on any atom is -0.393 e. The van der Waals surface area contributed by atoms with Crippen LogP contribution in [0.1, 0.15) is 58.8 Å². The normalized spacial score (nSPS) is 46.5. The lowest BCUT2D eigenvalue weighted by Gasteiger charge is -2.61. The largest absolute Gasteiger partial charge is 0.393 e. The highest BCUT2D eigenvalue weighted by Gasteiger charge is 2.69. The van der Waals surface area contributed by atoms with E-state index in [1.54, 1.807) is 0 Å². The highest BCUT2D eigenvalue weighted by molar-refractivity contribution is 7.98. The summed E-state index contributed by atoms with van der Waals surface area (Å²) < 4.78 is 6.23. The van der Waals surface area contributed by atoms with Crippen LogP contribution in [0.5, 0.6) is 0 Å². The Morgan fingerprint density at radius 3 is 2.72 bits per heavy atom. The fourth-order valence-corrected chi connectivity index (χ4v) is 8.06. The molecule has 29 heavy (non-hydrogen) atoms. The van der Waals surface area contributed by atoms with Gasteiger partial charge < -0.3 is 14.9 Å². The molecule has 4 rings (SSSR count). The third-order valence-electron chi connectivity index (χ3n) is 9.03. The number of thioether (sulfide) groups is 1. The van der Waals surface area contributed by atoms with E-state index in [-0.39, 0.29) is 28.8 Å². The van der Waals surface area contributed by atoms with Crippen LogP contribution in [0, 0.1) is 28.6 Å². The van der Waals surface area contributed by atoms with E-state index < -0.39 is 23.7 Å². The van der Waals surface area contributed by atoms with E-state index in [2.05, 4.69) is 13.8 Å². The first-order valence-corrected chi connectivity index (χ1v) is 12.3. The van der Waals surface area contributed by atoms with Gasteiger partial charge >= 0.3 is 0 Å². The van der Waals surface area contributed by atoms with Crippen LogP contribution in [0.2, 0.25) is 0 Å². The number of aliphatic hydroxyl groups excluding tert-OH is 2. The number of hydrogen-bond donors (Lipinski definition) is 2. The van der Waals surface area contributed by atoms with Gasteiger partial charge in [-0.15, -0.1) is 11.8 Å².